The van der Waals surface area contributed by atoms with Crippen LogP contribution in [-0.2, 0) is 14.3 Å². The first kappa shape index (κ1) is 13.8. The Morgan fingerprint density at radius 3 is 2.56 bits per heavy atom. The van der Waals surface area contributed by atoms with Crippen LogP contribution in [0.3, 0.4) is 0 Å². The number of rotatable bonds is 3. The maximum absolute atomic E-state index is 11.4. The quantitative estimate of drug-likeness (QED) is 0.476. The second-order valence-electron chi connectivity index (χ2n) is 3.77. The molecule has 1 aromatic rings. The van der Waals surface area contributed by atoms with Crippen molar-refractivity contribution in [3.05, 3.63) is 18.2 Å². The molecule has 1 rings (SSSR count). The van der Waals surface area contributed by atoms with Gasteiger partial charge in [-0.3, -0.25) is 4.79 Å². The lowest BCUT2D eigenvalue weighted by Crippen LogP contribution is -2.25. The highest BCUT2D eigenvalue weighted by Gasteiger charge is 2.16. The van der Waals surface area contributed by atoms with Crippen molar-refractivity contribution in [1.82, 2.24) is 0 Å². The van der Waals surface area contributed by atoms with Crippen molar-refractivity contribution >= 4 is 23.3 Å². The summed E-state index contributed by atoms with van der Waals surface area (Å²) in [4.78, 5) is 24.3. The highest BCUT2D eigenvalue weighted by molar-refractivity contribution is 6.37. The summed E-state index contributed by atoms with van der Waals surface area (Å²) in [5.41, 5.74) is 0.945. The van der Waals surface area contributed by atoms with E-state index < -0.39 is 11.9 Å². The molecule has 0 atom stereocenters. The molecule has 18 heavy (non-hydrogen) atoms. The zero-order chi connectivity index (χ0) is 13.7. The second-order valence-corrected chi connectivity index (χ2v) is 3.77. The molecule has 0 aliphatic carbocycles. The zero-order valence-electron chi connectivity index (χ0n) is 10.6. The van der Waals surface area contributed by atoms with Crippen LogP contribution in [0.15, 0.2) is 18.2 Å². The molecule has 0 saturated heterocycles. The molecule has 6 heteroatoms. The van der Waals surface area contributed by atoms with Crippen LogP contribution in [-0.4, -0.2) is 37.7 Å². The summed E-state index contributed by atoms with van der Waals surface area (Å²) in [5, 5.41) is 12.0. The maximum atomic E-state index is 11.4. The predicted octanol–water partition coefficient (Wildman–Crippen LogP) is 0.960. The molecular formula is C12H16N2O4. The van der Waals surface area contributed by atoms with Gasteiger partial charge in [-0.25, -0.2) is 4.79 Å². The molecule has 0 radical (unpaired) electrons. The minimum absolute atomic E-state index is 0.112. The molecule has 0 saturated carbocycles. The summed E-state index contributed by atoms with van der Waals surface area (Å²) in [5.74, 6) is -2.00. The van der Waals surface area contributed by atoms with Crippen molar-refractivity contribution in [3.8, 4) is 5.75 Å². The fraction of sp³-hybridized carbons (Fsp3) is 0.333. The largest absolute Gasteiger partial charge is 0.506 e. The van der Waals surface area contributed by atoms with E-state index in [1.807, 2.05) is 14.1 Å². The van der Waals surface area contributed by atoms with Crippen molar-refractivity contribution in [2.45, 2.75) is 6.92 Å². The third kappa shape index (κ3) is 3.38. The fourth-order valence-electron chi connectivity index (χ4n) is 1.27. The van der Waals surface area contributed by atoms with Gasteiger partial charge in [-0.05, 0) is 19.1 Å². The number of phenols is 1. The highest BCUT2D eigenvalue weighted by Crippen LogP contribution is 2.27. The number of phenolic OH excluding ortho intramolecular Hbond substituents is 1. The number of carbonyl (C=O) groups is 2. The van der Waals surface area contributed by atoms with Gasteiger partial charge in [0.05, 0.1) is 12.3 Å². The molecule has 0 bridgehead atoms. The fourth-order valence-corrected chi connectivity index (χ4v) is 1.27. The Bertz CT molecular complexity index is 457. The number of esters is 1. The van der Waals surface area contributed by atoms with Gasteiger partial charge in [0.1, 0.15) is 5.75 Å². The van der Waals surface area contributed by atoms with Crippen molar-refractivity contribution in [2.24, 2.45) is 0 Å². The van der Waals surface area contributed by atoms with Gasteiger partial charge in [-0.1, -0.05) is 0 Å². The normalized spacial score (nSPS) is 9.72. The SMILES string of the molecule is CCOC(=O)C(=O)Nc1ccc(N(C)C)cc1O. The van der Waals surface area contributed by atoms with Gasteiger partial charge in [0.15, 0.2) is 0 Å². The molecule has 1 aromatic carbocycles. The van der Waals surface area contributed by atoms with E-state index in [-0.39, 0.29) is 18.0 Å². The third-order valence-electron chi connectivity index (χ3n) is 2.21. The molecule has 6 nitrogen and oxygen atoms in total. The summed E-state index contributed by atoms with van der Waals surface area (Å²) in [6, 6.07) is 4.71. The topological polar surface area (TPSA) is 78.9 Å². The molecule has 1 amide bonds. The van der Waals surface area contributed by atoms with E-state index in [9.17, 15) is 14.7 Å². The van der Waals surface area contributed by atoms with Crippen LogP contribution in [0.5, 0.6) is 5.75 Å². The number of hydrogen-bond donors (Lipinski definition) is 2. The van der Waals surface area contributed by atoms with Crippen molar-refractivity contribution in [1.29, 1.82) is 0 Å². The Morgan fingerprint density at radius 1 is 1.39 bits per heavy atom. The van der Waals surface area contributed by atoms with Crippen molar-refractivity contribution in [3.63, 3.8) is 0 Å². The summed E-state index contributed by atoms with van der Waals surface area (Å²) in [6.07, 6.45) is 0. The first-order valence-corrected chi connectivity index (χ1v) is 5.44. The van der Waals surface area contributed by atoms with Crippen LogP contribution >= 0.6 is 0 Å². The summed E-state index contributed by atoms with van der Waals surface area (Å²) in [7, 11) is 3.65. The number of nitrogens with zero attached hydrogens (tertiary/aromatic N) is 1. The standard InChI is InChI=1S/C12H16N2O4/c1-4-18-12(17)11(16)13-9-6-5-8(14(2)3)7-10(9)15/h5-7,15H,4H2,1-3H3,(H,13,16). The molecule has 2 N–H and O–H groups in total. The van der Waals surface area contributed by atoms with Crippen LogP contribution in [0.25, 0.3) is 0 Å². The van der Waals surface area contributed by atoms with Crippen LogP contribution in [0.4, 0.5) is 11.4 Å². The molecule has 0 aliphatic heterocycles. The number of aromatic hydroxyl groups is 1. The minimum atomic E-state index is -0.978. The Morgan fingerprint density at radius 2 is 2.06 bits per heavy atom. The number of nitrogens with one attached hydrogen (secondary N) is 1. The van der Waals surface area contributed by atoms with Crippen LogP contribution in [0.2, 0.25) is 0 Å². The lowest BCUT2D eigenvalue weighted by atomic mass is 10.2. The Balaban J connectivity index is 2.80. The van der Waals surface area contributed by atoms with E-state index in [0.29, 0.717) is 0 Å². The third-order valence-corrected chi connectivity index (χ3v) is 2.21. The molecule has 98 valence electrons. The number of benzene rings is 1. The smallest absolute Gasteiger partial charge is 0.397 e. The minimum Gasteiger partial charge on any atom is -0.506 e. The Labute approximate surface area is 105 Å². The zero-order valence-corrected chi connectivity index (χ0v) is 10.6. The van der Waals surface area contributed by atoms with E-state index in [4.69, 9.17) is 0 Å². The average Bonchev–Trinajstić information content (AvgIpc) is 2.31. The maximum Gasteiger partial charge on any atom is 0.397 e. The van der Waals surface area contributed by atoms with Crippen molar-refractivity contribution in [2.75, 3.05) is 30.9 Å². The first-order valence-electron chi connectivity index (χ1n) is 5.44. The summed E-state index contributed by atoms with van der Waals surface area (Å²) in [6.45, 7) is 1.73. The lowest BCUT2D eigenvalue weighted by Gasteiger charge is -2.14. The van der Waals surface area contributed by atoms with Crippen LogP contribution in [0, 0.1) is 0 Å². The molecule has 0 aromatic heterocycles. The number of anilines is 2. The lowest BCUT2D eigenvalue weighted by molar-refractivity contribution is -0.152. The molecule has 0 unspecified atom stereocenters. The number of amides is 1. The average molecular weight is 252 g/mol. The van der Waals surface area contributed by atoms with Gasteiger partial charge in [-0.2, -0.15) is 0 Å². The monoisotopic (exact) mass is 252 g/mol. The highest BCUT2D eigenvalue weighted by atomic mass is 16.5. The van der Waals surface area contributed by atoms with Gasteiger partial charge in [0.25, 0.3) is 0 Å². The number of carbonyl (C=O) groups excluding carboxylic acids is 2. The van der Waals surface area contributed by atoms with Crippen LogP contribution in [0.1, 0.15) is 6.92 Å². The Kier molecular flexibility index (Phi) is 4.53. The molecule has 0 aliphatic rings. The van der Waals surface area contributed by atoms with E-state index in [1.54, 1.807) is 17.9 Å². The predicted molar refractivity (Wildman–Crippen MR) is 67.7 cm³/mol. The van der Waals surface area contributed by atoms with Gasteiger partial charge >= 0.3 is 11.9 Å². The van der Waals surface area contributed by atoms with E-state index >= 15 is 0 Å². The summed E-state index contributed by atoms with van der Waals surface area (Å²) < 4.78 is 4.54. The van der Waals surface area contributed by atoms with Gasteiger partial charge in [-0.15, -0.1) is 0 Å². The Hall–Kier alpha value is -2.24. The van der Waals surface area contributed by atoms with Gasteiger partial charge < -0.3 is 20.1 Å². The number of hydrogen-bond acceptors (Lipinski definition) is 5. The first-order chi connectivity index (χ1) is 8.45. The van der Waals surface area contributed by atoms with E-state index in [0.717, 1.165) is 5.69 Å². The number of ether oxygens (including phenoxy) is 1. The molecule has 0 fully saturated rings. The van der Waals surface area contributed by atoms with Gasteiger partial charge in [0.2, 0.25) is 0 Å². The van der Waals surface area contributed by atoms with E-state index in [1.165, 1.54) is 12.1 Å². The van der Waals surface area contributed by atoms with Gasteiger partial charge in [0, 0.05) is 25.8 Å². The van der Waals surface area contributed by atoms with Crippen molar-refractivity contribution < 1.29 is 19.4 Å². The second kappa shape index (κ2) is 5.90. The molecule has 0 heterocycles. The molecular weight excluding hydrogens is 236 g/mol. The summed E-state index contributed by atoms with van der Waals surface area (Å²) >= 11 is 0. The van der Waals surface area contributed by atoms with E-state index in [2.05, 4.69) is 10.1 Å². The van der Waals surface area contributed by atoms with Crippen LogP contribution < -0.4 is 10.2 Å². The molecule has 0 spiro atoms.